The van der Waals surface area contributed by atoms with Crippen LogP contribution in [0.3, 0.4) is 0 Å². The van der Waals surface area contributed by atoms with Gasteiger partial charge in [0, 0.05) is 11.6 Å². The Morgan fingerprint density at radius 1 is 1.15 bits per heavy atom. The second-order valence-electron chi connectivity index (χ2n) is 4.28. The van der Waals surface area contributed by atoms with Crippen LogP contribution in [0.25, 0.3) is 0 Å². The maximum absolute atomic E-state index is 13.6. The summed E-state index contributed by atoms with van der Waals surface area (Å²) in [6.07, 6.45) is 0. The van der Waals surface area contributed by atoms with Crippen molar-refractivity contribution < 1.29 is 14.3 Å². The highest BCUT2D eigenvalue weighted by atomic mass is 35.5. The van der Waals surface area contributed by atoms with Crippen LogP contribution in [0.2, 0.25) is 5.02 Å². The molecule has 0 unspecified atom stereocenters. The Hall–Kier alpha value is -1.91. The first-order valence-electron chi connectivity index (χ1n) is 6.02. The first-order chi connectivity index (χ1) is 9.60. The fraction of sp³-hybridized carbons (Fsp3) is 0.133. The second-order valence-corrected chi connectivity index (χ2v) is 4.72. The van der Waals surface area contributed by atoms with Crippen LogP contribution in [0.4, 0.5) is 4.39 Å². The zero-order valence-electron chi connectivity index (χ0n) is 10.6. The Labute approximate surface area is 121 Å². The summed E-state index contributed by atoms with van der Waals surface area (Å²) >= 11 is 5.63. The molecule has 0 aliphatic carbocycles. The molecular formula is C15H13ClFNO2. The summed E-state index contributed by atoms with van der Waals surface area (Å²) in [6.45, 7) is 0.259. The van der Waals surface area contributed by atoms with Crippen molar-refractivity contribution in [3.8, 4) is 0 Å². The van der Waals surface area contributed by atoms with E-state index in [9.17, 15) is 9.18 Å². The monoisotopic (exact) mass is 293 g/mol. The molecule has 3 nitrogen and oxygen atoms in total. The quantitative estimate of drug-likeness (QED) is 0.910. The lowest BCUT2D eigenvalue weighted by Gasteiger charge is -2.07. The Morgan fingerprint density at radius 3 is 2.40 bits per heavy atom. The zero-order valence-corrected chi connectivity index (χ0v) is 11.3. The number of carbonyl (C=O) groups excluding carboxylic acids is 1. The first-order valence-corrected chi connectivity index (χ1v) is 6.40. The summed E-state index contributed by atoms with van der Waals surface area (Å²) in [6, 6.07) is 11.0. The molecule has 5 heteroatoms. The van der Waals surface area contributed by atoms with E-state index >= 15 is 0 Å². The zero-order chi connectivity index (χ0) is 14.5. The van der Waals surface area contributed by atoms with Gasteiger partial charge in [0.1, 0.15) is 5.82 Å². The summed E-state index contributed by atoms with van der Waals surface area (Å²) in [4.78, 5) is 11.8. The molecule has 2 aromatic carbocycles. The highest BCUT2D eigenvalue weighted by Crippen LogP contribution is 2.14. The third kappa shape index (κ3) is 3.56. The molecule has 0 fully saturated rings. The minimum Gasteiger partial charge on any atom is -0.392 e. The van der Waals surface area contributed by atoms with E-state index in [0.29, 0.717) is 0 Å². The van der Waals surface area contributed by atoms with Gasteiger partial charge >= 0.3 is 0 Å². The Kier molecular flexibility index (Phi) is 4.71. The van der Waals surface area contributed by atoms with Gasteiger partial charge in [0.25, 0.3) is 5.91 Å². The predicted octanol–water partition coefficient (Wildman–Crippen LogP) is 2.90. The average molecular weight is 294 g/mol. The SMILES string of the molecule is O=C(NCc1ccc(CO)cc1)c1ccc(Cl)cc1F. The Bertz CT molecular complexity index is 614. The summed E-state index contributed by atoms with van der Waals surface area (Å²) in [7, 11) is 0. The maximum Gasteiger partial charge on any atom is 0.254 e. The van der Waals surface area contributed by atoms with Crippen LogP contribution in [-0.4, -0.2) is 11.0 Å². The van der Waals surface area contributed by atoms with Crippen molar-refractivity contribution in [2.45, 2.75) is 13.2 Å². The largest absolute Gasteiger partial charge is 0.392 e. The molecule has 0 spiro atoms. The molecule has 2 N–H and O–H groups in total. The average Bonchev–Trinajstić information content (AvgIpc) is 2.45. The van der Waals surface area contributed by atoms with E-state index in [-0.39, 0.29) is 23.7 Å². The van der Waals surface area contributed by atoms with Crippen LogP contribution in [0.1, 0.15) is 21.5 Å². The third-order valence-electron chi connectivity index (χ3n) is 2.83. The predicted molar refractivity (Wildman–Crippen MR) is 74.9 cm³/mol. The van der Waals surface area contributed by atoms with Crippen LogP contribution in [0.5, 0.6) is 0 Å². The van der Waals surface area contributed by atoms with E-state index in [0.717, 1.165) is 17.2 Å². The van der Waals surface area contributed by atoms with Crippen LogP contribution in [-0.2, 0) is 13.2 Å². The smallest absolute Gasteiger partial charge is 0.254 e. The minimum atomic E-state index is -0.648. The van der Waals surface area contributed by atoms with Gasteiger partial charge in [-0.2, -0.15) is 0 Å². The van der Waals surface area contributed by atoms with Crippen molar-refractivity contribution >= 4 is 17.5 Å². The number of nitrogens with one attached hydrogen (secondary N) is 1. The second kappa shape index (κ2) is 6.50. The number of halogens is 2. The van der Waals surface area contributed by atoms with Gasteiger partial charge in [-0.05, 0) is 29.3 Å². The van der Waals surface area contributed by atoms with Crippen molar-refractivity contribution in [1.82, 2.24) is 5.32 Å². The number of carbonyl (C=O) groups is 1. The number of benzene rings is 2. The summed E-state index contributed by atoms with van der Waals surface area (Å²) in [5.74, 6) is -1.14. The van der Waals surface area contributed by atoms with Gasteiger partial charge in [-0.1, -0.05) is 35.9 Å². The number of hydrogen-bond donors (Lipinski definition) is 2. The van der Waals surface area contributed by atoms with Crippen molar-refractivity contribution in [3.63, 3.8) is 0 Å². The highest BCUT2D eigenvalue weighted by molar-refractivity contribution is 6.30. The van der Waals surface area contributed by atoms with Gasteiger partial charge in [0.15, 0.2) is 0 Å². The molecule has 0 bridgehead atoms. The number of rotatable bonds is 4. The molecule has 0 heterocycles. The van der Waals surface area contributed by atoms with E-state index in [1.807, 2.05) is 0 Å². The van der Waals surface area contributed by atoms with Crippen LogP contribution >= 0.6 is 11.6 Å². The van der Waals surface area contributed by atoms with Gasteiger partial charge in [-0.3, -0.25) is 4.79 Å². The van der Waals surface area contributed by atoms with Crippen molar-refractivity contribution in [3.05, 3.63) is 70.0 Å². The molecule has 0 saturated carbocycles. The molecule has 0 saturated heterocycles. The lowest BCUT2D eigenvalue weighted by atomic mass is 10.1. The lowest BCUT2D eigenvalue weighted by molar-refractivity contribution is 0.0947. The Balaban J connectivity index is 2.00. The molecule has 104 valence electrons. The molecule has 0 aliphatic rings. The van der Waals surface area contributed by atoms with E-state index in [1.54, 1.807) is 24.3 Å². The lowest BCUT2D eigenvalue weighted by Crippen LogP contribution is -2.23. The molecule has 20 heavy (non-hydrogen) atoms. The highest BCUT2D eigenvalue weighted by Gasteiger charge is 2.11. The Morgan fingerprint density at radius 2 is 1.80 bits per heavy atom. The number of hydrogen-bond acceptors (Lipinski definition) is 2. The van der Waals surface area contributed by atoms with E-state index in [1.165, 1.54) is 12.1 Å². The molecule has 2 aromatic rings. The van der Waals surface area contributed by atoms with E-state index in [2.05, 4.69) is 5.32 Å². The van der Waals surface area contributed by atoms with E-state index < -0.39 is 11.7 Å². The molecule has 1 amide bonds. The normalized spacial score (nSPS) is 10.3. The standard InChI is InChI=1S/C15H13ClFNO2/c16-12-5-6-13(14(17)7-12)15(20)18-8-10-1-3-11(9-19)4-2-10/h1-7,19H,8-9H2,(H,18,20). The molecule has 0 radical (unpaired) electrons. The molecule has 0 atom stereocenters. The fourth-order valence-corrected chi connectivity index (χ4v) is 1.87. The van der Waals surface area contributed by atoms with Gasteiger partial charge in [-0.25, -0.2) is 4.39 Å². The van der Waals surface area contributed by atoms with E-state index in [4.69, 9.17) is 16.7 Å². The van der Waals surface area contributed by atoms with Crippen LogP contribution in [0, 0.1) is 5.82 Å². The summed E-state index contributed by atoms with van der Waals surface area (Å²) in [5, 5.41) is 11.8. The number of aliphatic hydroxyl groups excluding tert-OH is 1. The number of aliphatic hydroxyl groups is 1. The fourth-order valence-electron chi connectivity index (χ4n) is 1.71. The minimum absolute atomic E-state index is 0.0252. The molecule has 2 rings (SSSR count). The van der Waals surface area contributed by atoms with Gasteiger partial charge in [0.05, 0.1) is 12.2 Å². The molecular weight excluding hydrogens is 281 g/mol. The maximum atomic E-state index is 13.6. The van der Waals surface area contributed by atoms with Gasteiger partial charge in [-0.15, -0.1) is 0 Å². The number of amides is 1. The topological polar surface area (TPSA) is 49.3 Å². The first kappa shape index (κ1) is 14.5. The summed E-state index contributed by atoms with van der Waals surface area (Å²) < 4.78 is 13.6. The van der Waals surface area contributed by atoms with Crippen molar-refractivity contribution in [2.75, 3.05) is 0 Å². The van der Waals surface area contributed by atoms with Crippen LogP contribution in [0.15, 0.2) is 42.5 Å². The molecule has 0 aromatic heterocycles. The van der Waals surface area contributed by atoms with Crippen molar-refractivity contribution in [1.29, 1.82) is 0 Å². The summed E-state index contributed by atoms with van der Waals surface area (Å²) in [5.41, 5.74) is 1.62. The third-order valence-corrected chi connectivity index (χ3v) is 3.07. The van der Waals surface area contributed by atoms with Gasteiger partial charge in [0.2, 0.25) is 0 Å². The molecule has 0 aliphatic heterocycles. The van der Waals surface area contributed by atoms with Crippen LogP contribution < -0.4 is 5.32 Å². The van der Waals surface area contributed by atoms with Crippen molar-refractivity contribution in [2.24, 2.45) is 0 Å². The van der Waals surface area contributed by atoms with Gasteiger partial charge < -0.3 is 10.4 Å².